The number of carbonyl (C=O) groups excluding carboxylic acids is 1. The van der Waals surface area contributed by atoms with Crippen LogP contribution in [0.25, 0.3) is 0 Å². The Kier molecular flexibility index (Phi) is 5.40. The Bertz CT molecular complexity index is 255. The molecule has 0 spiro atoms. The first-order chi connectivity index (χ1) is 8.01. The molecule has 0 aromatic heterocycles. The molecule has 1 heterocycles. The molecule has 3 atom stereocenters. The summed E-state index contributed by atoms with van der Waals surface area (Å²) < 4.78 is 0. The van der Waals surface area contributed by atoms with Crippen molar-refractivity contribution in [1.29, 1.82) is 0 Å². The molecule has 1 rings (SSSR count). The SMILES string of the molecule is CCC1NC(CC)N(C(C)CCN(C)C)C1=O. The van der Waals surface area contributed by atoms with Crippen LogP contribution in [0.3, 0.4) is 0 Å². The molecule has 17 heavy (non-hydrogen) atoms. The molecule has 3 unspecified atom stereocenters. The van der Waals surface area contributed by atoms with Gasteiger partial charge in [0, 0.05) is 6.04 Å². The van der Waals surface area contributed by atoms with E-state index in [2.05, 4.69) is 50.0 Å². The normalized spacial score (nSPS) is 26.9. The van der Waals surface area contributed by atoms with E-state index in [0.717, 1.165) is 25.8 Å². The molecule has 0 radical (unpaired) electrons. The minimum absolute atomic E-state index is 0.0294. The van der Waals surface area contributed by atoms with Crippen LogP contribution in [0.5, 0.6) is 0 Å². The monoisotopic (exact) mass is 241 g/mol. The number of rotatable bonds is 6. The number of hydrogen-bond acceptors (Lipinski definition) is 3. The third-order valence-electron chi connectivity index (χ3n) is 3.55. The quantitative estimate of drug-likeness (QED) is 0.761. The van der Waals surface area contributed by atoms with E-state index >= 15 is 0 Å². The van der Waals surface area contributed by atoms with E-state index in [1.165, 1.54) is 0 Å². The molecular weight excluding hydrogens is 214 g/mol. The van der Waals surface area contributed by atoms with Gasteiger partial charge in [0.1, 0.15) is 0 Å². The van der Waals surface area contributed by atoms with E-state index in [1.807, 2.05) is 0 Å². The lowest BCUT2D eigenvalue weighted by atomic mass is 10.1. The first-order valence-corrected chi connectivity index (χ1v) is 6.74. The standard InChI is InChI=1S/C13H27N3O/c1-6-11-13(17)16(12(7-2)14-11)10(3)8-9-15(4)5/h10-12,14H,6-9H2,1-5H3. The highest BCUT2D eigenvalue weighted by atomic mass is 16.2. The summed E-state index contributed by atoms with van der Waals surface area (Å²) in [7, 11) is 4.14. The average Bonchev–Trinajstić information content (AvgIpc) is 2.62. The second-order valence-electron chi connectivity index (χ2n) is 5.24. The molecule has 1 fully saturated rings. The summed E-state index contributed by atoms with van der Waals surface area (Å²) in [4.78, 5) is 16.5. The Hall–Kier alpha value is -0.610. The summed E-state index contributed by atoms with van der Waals surface area (Å²) in [5, 5.41) is 3.42. The Labute approximate surface area is 105 Å². The van der Waals surface area contributed by atoms with Gasteiger partial charge in [0.15, 0.2) is 0 Å². The van der Waals surface area contributed by atoms with Crippen LogP contribution in [0.15, 0.2) is 0 Å². The van der Waals surface area contributed by atoms with E-state index in [1.54, 1.807) is 0 Å². The van der Waals surface area contributed by atoms with Crippen molar-refractivity contribution in [2.45, 2.75) is 58.3 Å². The van der Waals surface area contributed by atoms with Crippen molar-refractivity contribution >= 4 is 5.91 Å². The van der Waals surface area contributed by atoms with Gasteiger partial charge in [-0.15, -0.1) is 0 Å². The van der Waals surface area contributed by atoms with E-state index in [0.29, 0.717) is 6.04 Å². The first kappa shape index (κ1) is 14.5. The lowest BCUT2D eigenvalue weighted by Gasteiger charge is -2.30. The fraction of sp³-hybridized carbons (Fsp3) is 0.923. The van der Waals surface area contributed by atoms with Crippen LogP contribution in [0.2, 0.25) is 0 Å². The van der Waals surface area contributed by atoms with Crippen LogP contribution in [0, 0.1) is 0 Å². The lowest BCUT2D eigenvalue weighted by Crippen LogP contribution is -2.44. The zero-order valence-corrected chi connectivity index (χ0v) is 11.9. The van der Waals surface area contributed by atoms with Gasteiger partial charge in [-0.25, -0.2) is 0 Å². The molecule has 0 aliphatic carbocycles. The maximum atomic E-state index is 12.2. The molecule has 1 saturated heterocycles. The third kappa shape index (κ3) is 3.42. The molecule has 1 amide bonds. The number of nitrogens with one attached hydrogen (secondary N) is 1. The van der Waals surface area contributed by atoms with Crippen molar-refractivity contribution in [1.82, 2.24) is 15.1 Å². The van der Waals surface area contributed by atoms with E-state index in [9.17, 15) is 4.79 Å². The van der Waals surface area contributed by atoms with Gasteiger partial charge in [-0.2, -0.15) is 0 Å². The Balaban J connectivity index is 2.62. The van der Waals surface area contributed by atoms with Crippen molar-refractivity contribution < 1.29 is 4.79 Å². The van der Waals surface area contributed by atoms with Gasteiger partial charge in [0.05, 0.1) is 12.2 Å². The van der Waals surface area contributed by atoms with Crippen LogP contribution in [0.4, 0.5) is 0 Å². The second kappa shape index (κ2) is 6.36. The Morgan fingerprint density at radius 1 is 1.35 bits per heavy atom. The highest BCUT2D eigenvalue weighted by Gasteiger charge is 2.38. The smallest absolute Gasteiger partial charge is 0.241 e. The molecule has 1 N–H and O–H groups in total. The van der Waals surface area contributed by atoms with Crippen molar-refractivity contribution in [2.24, 2.45) is 0 Å². The Morgan fingerprint density at radius 3 is 2.47 bits per heavy atom. The molecule has 0 aromatic carbocycles. The summed E-state index contributed by atoms with van der Waals surface area (Å²) in [6.45, 7) is 7.38. The molecule has 4 nitrogen and oxygen atoms in total. The van der Waals surface area contributed by atoms with Crippen molar-refractivity contribution in [3.05, 3.63) is 0 Å². The van der Waals surface area contributed by atoms with Crippen LogP contribution in [-0.4, -0.2) is 54.6 Å². The van der Waals surface area contributed by atoms with E-state index in [4.69, 9.17) is 0 Å². The number of carbonyl (C=O) groups is 1. The maximum absolute atomic E-state index is 12.2. The van der Waals surface area contributed by atoms with Gasteiger partial charge in [-0.05, 0) is 46.8 Å². The molecule has 0 bridgehead atoms. The Morgan fingerprint density at radius 2 is 2.00 bits per heavy atom. The van der Waals surface area contributed by atoms with Crippen molar-refractivity contribution in [3.63, 3.8) is 0 Å². The molecule has 0 aromatic rings. The van der Waals surface area contributed by atoms with Gasteiger partial charge >= 0.3 is 0 Å². The highest BCUT2D eigenvalue weighted by molar-refractivity contribution is 5.84. The minimum atomic E-state index is 0.0294. The van der Waals surface area contributed by atoms with Crippen LogP contribution in [-0.2, 0) is 4.79 Å². The van der Waals surface area contributed by atoms with Gasteiger partial charge in [-0.1, -0.05) is 13.8 Å². The fourth-order valence-corrected chi connectivity index (χ4v) is 2.43. The first-order valence-electron chi connectivity index (χ1n) is 6.74. The maximum Gasteiger partial charge on any atom is 0.241 e. The number of nitrogens with zero attached hydrogens (tertiary/aromatic N) is 2. The zero-order valence-electron chi connectivity index (χ0n) is 11.9. The van der Waals surface area contributed by atoms with Crippen molar-refractivity contribution in [3.8, 4) is 0 Å². The van der Waals surface area contributed by atoms with Crippen molar-refractivity contribution in [2.75, 3.05) is 20.6 Å². The molecule has 1 aliphatic rings. The lowest BCUT2D eigenvalue weighted by molar-refractivity contribution is -0.132. The summed E-state index contributed by atoms with van der Waals surface area (Å²) in [5.74, 6) is 0.283. The molecule has 100 valence electrons. The largest absolute Gasteiger partial charge is 0.323 e. The van der Waals surface area contributed by atoms with E-state index in [-0.39, 0.29) is 18.1 Å². The van der Waals surface area contributed by atoms with E-state index < -0.39 is 0 Å². The van der Waals surface area contributed by atoms with Crippen LogP contribution < -0.4 is 5.32 Å². The van der Waals surface area contributed by atoms with Gasteiger partial charge in [-0.3, -0.25) is 10.1 Å². The second-order valence-corrected chi connectivity index (χ2v) is 5.24. The van der Waals surface area contributed by atoms with Gasteiger partial charge in [0.2, 0.25) is 5.91 Å². The summed E-state index contributed by atoms with van der Waals surface area (Å²) in [5.41, 5.74) is 0. The molecule has 4 heteroatoms. The summed E-state index contributed by atoms with van der Waals surface area (Å²) >= 11 is 0. The number of hydrogen-bond donors (Lipinski definition) is 1. The molecule has 0 saturated carbocycles. The average molecular weight is 241 g/mol. The fourth-order valence-electron chi connectivity index (χ4n) is 2.43. The zero-order chi connectivity index (χ0) is 13.0. The predicted molar refractivity (Wildman–Crippen MR) is 70.8 cm³/mol. The summed E-state index contributed by atoms with van der Waals surface area (Å²) in [6.07, 6.45) is 3.12. The predicted octanol–water partition coefficient (Wildman–Crippen LogP) is 1.27. The van der Waals surface area contributed by atoms with Gasteiger partial charge in [0.25, 0.3) is 0 Å². The van der Waals surface area contributed by atoms with Crippen LogP contribution >= 0.6 is 0 Å². The molecular formula is C13H27N3O. The topological polar surface area (TPSA) is 35.6 Å². The third-order valence-corrected chi connectivity index (χ3v) is 3.55. The number of amides is 1. The molecule has 1 aliphatic heterocycles. The van der Waals surface area contributed by atoms with Gasteiger partial charge < -0.3 is 9.80 Å². The minimum Gasteiger partial charge on any atom is -0.323 e. The van der Waals surface area contributed by atoms with Crippen LogP contribution in [0.1, 0.15) is 40.0 Å². The highest BCUT2D eigenvalue weighted by Crippen LogP contribution is 2.20. The summed E-state index contributed by atoms with van der Waals surface area (Å²) in [6, 6.07) is 0.348.